The van der Waals surface area contributed by atoms with Gasteiger partial charge in [-0.3, -0.25) is 9.78 Å². The van der Waals surface area contributed by atoms with Gasteiger partial charge in [0.1, 0.15) is 6.61 Å². The number of pyridine rings is 1. The third-order valence-corrected chi connectivity index (χ3v) is 5.58. The lowest BCUT2D eigenvalue weighted by Crippen LogP contribution is -2.12. The van der Waals surface area contributed by atoms with E-state index in [1.807, 2.05) is 68.4 Å². The molecule has 0 N–H and O–H groups in total. The summed E-state index contributed by atoms with van der Waals surface area (Å²) in [6.07, 6.45) is 3.23. The lowest BCUT2D eigenvalue weighted by Gasteiger charge is -2.15. The van der Waals surface area contributed by atoms with E-state index >= 15 is 0 Å². The van der Waals surface area contributed by atoms with E-state index in [2.05, 4.69) is 6.92 Å². The van der Waals surface area contributed by atoms with Crippen LogP contribution in [0.25, 0.3) is 11.1 Å². The highest BCUT2D eigenvalue weighted by Crippen LogP contribution is 2.28. The van der Waals surface area contributed by atoms with Crippen LogP contribution >= 0.6 is 0 Å². The second-order valence-electron chi connectivity index (χ2n) is 8.24. The quantitative estimate of drug-likeness (QED) is 0.391. The van der Waals surface area contributed by atoms with Gasteiger partial charge < -0.3 is 9.47 Å². The summed E-state index contributed by atoms with van der Waals surface area (Å²) in [5, 5.41) is 0. The maximum absolute atomic E-state index is 13.2. The Morgan fingerprint density at radius 2 is 1.61 bits per heavy atom. The molecule has 172 valence electrons. The lowest BCUT2D eigenvalue weighted by molar-refractivity contribution is -0.139. The van der Waals surface area contributed by atoms with Crippen molar-refractivity contribution in [3.63, 3.8) is 0 Å². The molecule has 1 aromatic heterocycles. The normalized spacial score (nSPS) is 10.7. The van der Waals surface area contributed by atoms with E-state index in [1.54, 1.807) is 0 Å². The van der Waals surface area contributed by atoms with Crippen LogP contribution in [0.3, 0.4) is 0 Å². The van der Waals surface area contributed by atoms with E-state index in [0.717, 1.165) is 52.8 Å². The first-order chi connectivity index (χ1) is 15.9. The van der Waals surface area contributed by atoms with Gasteiger partial charge in [-0.1, -0.05) is 67.4 Å². The van der Waals surface area contributed by atoms with Gasteiger partial charge in [0.25, 0.3) is 0 Å². The smallest absolute Gasteiger partial charge is 0.340 e. The first kappa shape index (κ1) is 24.2. The van der Waals surface area contributed by atoms with Crippen LogP contribution in [0.1, 0.15) is 58.2 Å². The molecule has 0 spiro atoms. The van der Waals surface area contributed by atoms with E-state index in [-0.39, 0.29) is 19.0 Å². The number of carbonyl (C=O) groups is 2. The molecule has 3 rings (SSSR count). The van der Waals surface area contributed by atoms with Crippen LogP contribution in [-0.2, 0) is 33.7 Å². The molecule has 5 heteroatoms. The number of hydrogen-bond donors (Lipinski definition) is 0. The number of carbonyl (C=O) groups excluding carboxylic acids is 2. The summed E-state index contributed by atoms with van der Waals surface area (Å²) in [6.45, 7) is 6.20. The SMILES string of the molecule is CCCCc1cc(-c2ccc(C)cc2)c(C(=O)OCc2ccc(CC(=O)OC)cc2)c(C)n1. The minimum absolute atomic E-state index is 0.141. The number of unbranched alkanes of at least 4 members (excludes halogenated alkanes) is 1. The zero-order chi connectivity index (χ0) is 23.8. The Labute approximate surface area is 195 Å². The van der Waals surface area contributed by atoms with Crippen LogP contribution in [0, 0.1) is 13.8 Å². The number of rotatable bonds is 9. The highest BCUT2D eigenvalue weighted by Gasteiger charge is 2.20. The summed E-state index contributed by atoms with van der Waals surface area (Å²) >= 11 is 0. The van der Waals surface area contributed by atoms with Gasteiger partial charge in [0.05, 0.1) is 24.8 Å². The van der Waals surface area contributed by atoms with Crippen molar-refractivity contribution in [2.75, 3.05) is 7.11 Å². The second kappa shape index (κ2) is 11.4. The molecule has 5 nitrogen and oxygen atoms in total. The molecule has 33 heavy (non-hydrogen) atoms. The van der Waals surface area contributed by atoms with Crippen LogP contribution < -0.4 is 0 Å². The molecule has 0 atom stereocenters. The van der Waals surface area contributed by atoms with E-state index in [4.69, 9.17) is 14.5 Å². The van der Waals surface area contributed by atoms with Gasteiger partial charge >= 0.3 is 11.9 Å². The fraction of sp³-hybridized carbons (Fsp3) is 0.321. The molecule has 0 radical (unpaired) electrons. The molecule has 0 amide bonds. The number of hydrogen-bond acceptors (Lipinski definition) is 5. The molecule has 0 aliphatic rings. The van der Waals surface area contributed by atoms with Crippen molar-refractivity contribution in [1.82, 2.24) is 4.98 Å². The minimum atomic E-state index is -0.392. The Hall–Kier alpha value is -3.47. The molecule has 0 unspecified atom stereocenters. The maximum Gasteiger partial charge on any atom is 0.340 e. The van der Waals surface area contributed by atoms with Crippen molar-refractivity contribution in [3.8, 4) is 11.1 Å². The van der Waals surface area contributed by atoms with Crippen molar-refractivity contribution in [2.45, 2.75) is 53.1 Å². The largest absolute Gasteiger partial charge is 0.469 e. The maximum atomic E-state index is 13.2. The van der Waals surface area contributed by atoms with Gasteiger partial charge in [0.2, 0.25) is 0 Å². The number of benzene rings is 2. The number of aryl methyl sites for hydroxylation is 3. The Bertz CT molecular complexity index is 1100. The zero-order valence-electron chi connectivity index (χ0n) is 19.8. The summed E-state index contributed by atoms with van der Waals surface area (Å²) in [6, 6.07) is 17.6. The van der Waals surface area contributed by atoms with Crippen molar-refractivity contribution < 1.29 is 19.1 Å². The molecule has 0 saturated heterocycles. The van der Waals surface area contributed by atoms with Gasteiger partial charge in [-0.2, -0.15) is 0 Å². The van der Waals surface area contributed by atoms with Gasteiger partial charge in [0.15, 0.2) is 0 Å². The number of nitrogens with zero attached hydrogens (tertiary/aromatic N) is 1. The van der Waals surface area contributed by atoms with Crippen molar-refractivity contribution in [1.29, 1.82) is 0 Å². The molecule has 0 aliphatic heterocycles. The van der Waals surface area contributed by atoms with Crippen LogP contribution in [0.5, 0.6) is 0 Å². The molecule has 0 aliphatic carbocycles. The highest BCUT2D eigenvalue weighted by atomic mass is 16.5. The minimum Gasteiger partial charge on any atom is -0.469 e. The third-order valence-electron chi connectivity index (χ3n) is 5.58. The van der Waals surface area contributed by atoms with Gasteiger partial charge in [0, 0.05) is 5.69 Å². The predicted molar refractivity (Wildman–Crippen MR) is 129 cm³/mol. The summed E-state index contributed by atoms with van der Waals surface area (Å²) in [5.41, 5.74) is 6.85. The van der Waals surface area contributed by atoms with Gasteiger partial charge in [-0.15, -0.1) is 0 Å². The summed E-state index contributed by atoms with van der Waals surface area (Å²) in [7, 11) is 1.37. The molecular formula is C28H31NO4. The molecule has 1 heterocycles. The van der Waals surface area contributed by atoms with Crippen LogP contribution in [0.2, 0.25) is 0 Å². The van der Waals surface area contributed by atoms with Crippen LogP contribution in [-0.4, -0.2) is 24.0 Å². The summed E-state index contributed by atoms with van der Waals surface area (Å²) < 4.78 is 10.4. The van der Waals surface area contributed by atoms with E-state index < -0.39 is 5.97 Å². The van der Waals surface area contributed by atoms with Crippen LogP contribution in [0.15, 0.2) is 54.6 Å². The first-order valence-electron chi connectivity index (χ1n) is 11.3. The van der Waals surface area contributed by atoms with Crippen molar-refractivity contribution >= 4 is 11.9 Å². The Morgan fingerprint density at radius 3 is 2.24 bits per heavy atom. The number of aromatic nitrogens is 1. The average molecular weight is 446 g/mol. The number of ether oxygens (including phenoxy) is 2. The molecule has 3 aromatic rings. The Morgan fingerprint density at radius 1 is 0.939 bits per heavy atom. The van der Waals surface area contributed by atoms with Crippen LogP contribution in [0.4, 0.5) is 0 Å². The Kier molecular flexibility index (Phi) is 8.36. The van der Waals surface area contributed by atoms with E-state index in [0.29, 0.717) is 11.3 Å². The zero-order valence-corrected chi connectivity index (χ0v) is 19.8. The predicted octanol–water partition coefficient (Wildman–Crippen LogP) is 5.78. The monoisotopic (exact) mass is 445 g/mol. The summed E-state index contributed by atoms with van der Waals surface area (Å²) in [4.78, 5) is 29.3. The fourth-order valence-corrected chi connectivity index (χ4v) is 3.65. The average Bonchev–Trinajstić information content (AvgIpc) is 2.82. The van der Waals surface area contributed by atoms with E-state index in [1.165, 1.54) is 7.11 Å². The van der Waals surface area contributed by atoms with Crippen molar-refractivity contribution in [2.24, 2.45) is 0 Å². The molecule has 0 fully saturated rings. The number of methoxy groups -OCH3 is 1. The topological polar surface area (TPSA) is 65.5 Å². The lowest BCUT2D eigenvalue weighted by atomic mass is 9.96. The second-order valence-corrected chi connectivity index (χ2v) is 8.24. The first-order valence-corrected chi connectivity index (χ1v) is 11.3. The fourth-order valence-electron chi connectivity index (χ4n) is 3.65. The molecule has 0 saturated carbocycles. The third kappa shape index (κ3) is 6.51. The highest BCUT2D eigenvalue weighted by molar-refractivity contribution is 5.98. The molecule has 0 bridgehead atoms. The van der Waals surface area contributed by atoms with Gasteiger partial charge in [-0.25, -0.2) is 4.79 Å². The standard InChI is InChI=1S/C28H31NO4/c1-5-6-7-24-17-25(23-14-8-19(2)9-15-23)27(20(3)29-24)28(31)33-18-22-12-10-21(11-13-22)16-26(30)32-4/h8-15,17H,5-7,16,18H2,1-4H3. The Balaban J connectivity index is 1.82. The van der Waals surface area contributed by atoms with Gasteiger partial charge in [-0.05, 0) is 55.0 Å². The number of esters is 2. The van der Waals surface area contributed by atoms with E-state index in [9.17, 15) is 9.59 Å². The molecular weight excluding hydrogens is 414 g/mol. The molecule has 2 aromatic carbocycles. The summed E-state index contributed by atoms with van der Waals surface area (Å²) in [5.74, 6) is -0.681. The van der Waals surface area contributed by atoms with Crippen molar-refractivity contribution in [3.05, 3.63) is 88.2 Å².